The first kappa shape index (κ1) is 15.7. The second-order valence-corrected chi connectivity index (χ2v) is 6.89. The number of ether oxygens (including phenoxy) is 2. The van der Waals surface area contributed by atoms with E-state index >= 15 is 0 Å². The van der Waals surface area contributed by atoms with E-state index in [1.165, 1.54) is 44.2 Å². The van der Waals surface area contributed by atoms with Crippen LogP contribution in [-0.4, -0.2) is 38.8 Å². The molecule has 0 unspecified atom stereocenters. The van der Waals surface area contributed by atoms with Gasteiger partial charge < -0.3 is 14.4 Å². The molecular formula is C19H29NO2. The number of methoxy groups -OCH3 is 2. The van der Waals surface area contributed by atoms with Crippen molar-refractivity contribution in [1.29, 1.82) is 0 Å². The molecule has 0 spiro atoms. The van der Waals surface area contributed by atoms with Crippen molar-refractivity contribution in [2.75, 3.05) is 27.8 Å². The summed E-state index contributed by atoms with van der Waals surface area (Å²) in [4.78, 5) is 2.58. The Bertz CT molecular complexity index is 530. The van der Waals surface area contributed by atoms with E-state index in [1.807, 2.05) is 0 Å². The van der Waals surface area contributed by atoms with E-state index in [0.717, 1.165) is 17.4 Å². The van der Waals surface area contributed by atoms with Crippen molar-refractivity contribution in [2.45, 2.75) is 50.5 Å². The number of likely N-dealkylation sites (tertiary alicyclic amines) is 1. The lowest BCUT2D eigenvalue weighted by Gasteiger charge is -2.47. The van der Waals surface area contributed by atoms with Crippen LogP contribution in [0.3, 0.4) is 0 Å². The Morgan fingerprint density at radius 2 is 1.95 bits per heavy atom. The van der Waals surface area contributed by atoms with Crippen LogP contribution in [0.2, 0.25) is 0 Å². The van der Waals surface area contributed by atoms with Crippen LogP contribution >= 0.6 is 0 Å². The molecule has 3 rings (SSSR count). The van der Waals surface area contributed by atoms with E-state index < -0.39 is 0 Å². The van der Waals surface area contributed by atoms with Gasteiger partial charge >= 0.3 is 0 Å². The molecule has 0 bridgehead atoms. The third-order valence-corrected chi connectivity index (χ3v) is 6.18. The smallest absolute Gasteiger partial charge is 0.161 e. The fourth-order valence-corrected chi connectivity index (χ4v) is 5.11. The highest BCUT2D eigenvalue weighted by atomic mass is 16.5. The number of rotatable bonds is 4. The largest absolute Gasteiger partial charge is 0.493 e. The highest BCUT2D eigenvalue weighted by molar-refractivity contribution is 5.47. The molecule has 1 aliphatic heterocycles. The molecular weight excluding hydrogens is 274 g/mol. The summed E-state index contributed by atoms with van der Waals surface area (Å²) < 4.78 is 11.0. The van der Waals surface area contributed by atoms with Gasteiger partial charge in [0.1, 0.15) is 0 Å². The molecule has 122 valence electrons. The minimum Gasteiger partial charge on any atom is -0.493 e. The predicted octanol–water partition coefficient (Wildman–Crippen LogP) is 3.86. The van der Waals surface area contributed by atoms with Crippen LogP contribution < -0.4 is 9.47 Å². The molecule has 1 aromatic rings. The van der Waals surface area contributed by atoms with E-state index in [4.69, 9.17) is 9.47 Å². The Morgan fingerprint density at radius 1 is 1.18 bits per heavy atom. The Labute approximate surface area is 134 Å². The van der Waals surface area contributed by atoms with E-state index in [9.17, 15) is 0 Å². The number of hydrogen-bond donors (Lipinski definition) is 0. The average Bonchev–Trinajstić information content (AvgIpc) is 2.92. The summed E-state index contributed by atoms with van der Waals surface area (Å²) >= 11 is 0. The first-order valence-electron chi connectivity index (χ1n) is 8.60. The molecule has 2 aliphatic rings. The number of likely N-dealkylation sites (N-methyl/N-ethyl adjacent to an activating group) is 1. The molecule has 3 atom stereocenters. The van der Waals surface area contributed by atoms with Crippen molar-refractivity contribution in [3.8, 4) is 11.5 Å². The Balaban J connectivity index is 2.09. The van der Waals surface area contributed by atoms with Crippen LogP contribution in [-0.2, 0) is 5.41 Å². The van der Waals surface area contributed by atoms with Gasteiger partial charge in [0.2, 0.25) is 0 Å². The monoisotopic (exact) mass is 303 g/mol. The summed E-state index contributed by atoms with van der Waals surface area (Å²) in [5, 5.41) is 0. The van der Waals surface area contributed by atoms with Gasteiger partial charge in [0.05, 0.1) is 14.2 Å². The highest BCUT2D eigenvalue weighted by Gasteiger charge is 2.53. The molecule has 1 saturated carbocycles. The standard InChI is InChI=1S/C19H29NO2/c1-5-14-7-6-8-18-19(14,11-12-20(18)2)15-9-10-16(21-3)17(13-15)22-4/h9-10,13-14,18H,5-8,11-12H2,1-4H3/t14-,18-,19+/m0/s1. The van der Waals surface area contributed by atoms with Crippen molar-refractivity contribution >= 4 is 0 Å². The van der Waals surface area contributed by atoms with E-state index in [1.54, 1.807) is 14.2 Å². The Hall–Kier alpha value is -1.22. The molecule has 2 fully saturated rings. The normalized spacial score (nSPS) is 31.8. The summed E-state index contributed by atoms with van der Waals surface area (Å²) in [5.41, 5.74) is 1.74. The molecule has 1 aromatic carbocycles. The second kappa shape index (κ2) is 6.11. The molecule has 0 N–H and O–H groups in total. The third kappa shape index (κ3) is 2.21. The Morgan fingerprint density at radius 3 is 2.64 bits per heavy atom. The maximum Gasteiger partial charge on any atom is 0.161 e. The van der Waals surface area contributed by atoms with Crippen LogP contribution in [0.4, 0.5) is 0 Å². The van der Waals surface area contributed by atoms with E-state index in [2.05, 4.69) is 37.1 Å². The summed E-state index contributed by atoms with van der Waals surface area (Å²) in [5.74, 6) is 2.46. The first-order valence-corrected chi connectivity index (χ1v) is 8.60. The van der Waals surface area contributed by atoms with Gasteiger partial charge in [0.25, 0.3) is 0 Å². The van der Waals surface area contributed by atoms with Crippen molar-refractivity contribution in [3.63, 3.8) is 0 Å². The molecule has 1 aliphatic carbocycles. The molecule has 0 amide bonds. The van der Waals surface area contributed by atoms with Crippen LogP contribution in [0, 0.1) is 5.92 Å². The van der Waals surface area contributed by atoms with Crippen LogP contribution in [0.5, 0.6) is 11.5 Å². The van der Waals surface area contributed by atoms with Gasteiger partial charge in [-0.25, -0.2) is 0 Å². The Kier molecular flexibility index (Phi) is 4.35. The minimum atomic E-state index is 0.293. The van der Waals surface area contributed by atoms with Crippen LogP contribution in [0.15, 0.2) is 18.2 Å². The summed E-state index contributed by atoms with van der Waals surface area (Å²) in [6.07, 6.45) is 6.57. The van der Waals surface area contributed by atoms with Gasteiger partial charge in [0, 0.05) is 11.5 Å². The number of hydrogen-bond acceptors (Lipinski definition) is 3. The van der Waals surface area contributed by atoms with E-state index in [0.29, 0.717) is 11.5 Å². The lowest BCUT2D eigenvalue weighted by atomic mass is 9.59. The molecule has 0 aromatic heterocycles. The number of nitrogens with zero attached hydrogens (tertiary/aromatic N) is 1. The molecule has 3 nitrogen and oxygen atoms in total. The quantitative estimate of drug-likeness (QED) is 0.843. The summed E-state index contributed by atoms with van der Waals surface area (Å²) in [7, 11) is 5.73. The third-order valence-electron chi connectivity index (χ3n) is 6.18. The molecule has 1 saturated heterocycles. The minimum absolute atomic E-state index is 0.293. The SMILES string of the molecule is CC[C@H]1CCC[C@@H]2N(C)CC[C@]12c1ccc(OC)c(OC)c1. The second-order valence-electron chi connectivity index (χ2n) is 6.89. The predicted molar refractivity (Wildman–Crippen MR) is 89.9 cm³/mol. The molecule has 0 radical (unpaired) electrons. The summed E-state index contributed by atoms with van der Waals surface area (Å²) in [6.45, 7) is 3.56. The zero-order valence-electron chi connectivity index (χ0n) is 14.4. The molecule has 1 heterocycles. The number of benzene rings is 1. The fraction of sp³-hybridized carbons (Fsp3) is 0.684. The van der Waals surface area contributed by atoms with Gasteiger partial charge in [-0.1, -0.05) is 25.8 Å². The molecule has 22 heavy (non-hydrogen) atoms. The van der Waals surface area contributed by atoms with Gasteiger partial charge in [-0.2, -0.15) is 0 Å². The van der Waals surface area contributed by atoms with Crippen LogP contribution in [0.1, 0.15) is 44.6 Å². The number of fused-ring (bicyclic) bond motifs is 1. The maximum atomic E-state index is 5.57. The van der Waals surface area contributed by atoms with Gasteiger partial charge in [-0.3, -0.25) is 0 Å². The maximum absolute atomic E-state index is 5.57. The average molecular weight is 303 g/mol. The fourth-order valence-electron chi connectivity index (χ4n) is 5.11. The highest BCUT2D eigenvalue weighted by Crippen LogP contribution is 2.53. The van der Waals surface area contributed by atoms with Crippen molar-refractivity contribution in [1.82, 2.24) is 4.90 Å². The first-order chi connectivity index (χ1) is 10.7. The van der Waals surface area contributed by atoms with Crippen molar-refractivity contribution < 1.29 is 9.47 Å². The van der Waals surface area contributed by atoms with Gasteiger partial charge in [-0.15, -0.1) is 0 Å². The van der Waals surface area contributed by atoms with E-state index in [-0.39, 0.29) is 0 Å². The lowest BCUT2D eigenvalue weighted by molar-refractivity contribution is 0.115. The van der Waals surface area contributed by atoms with Gasteiger partial charge in [-0.05, 0) is 56.5 Å². The lowest BCUT2D eigenvalue weighted by Crippen LogP contribution is -2.49. The van der Waals surface area contributed by atoms with Crippen molar-refractivity contribution in [2.24, 2.45) is 5.92 Å². The van der Waals surface area contributed by atoms with Crippen LogP contribution in [0.25, 0.3) is 0 Å². The molecule has 3 heteroatoms. The van der Waals surface area contributed by atoms with Gasteiger partial charge in [0.15, 0.2) is 11.5 Å². The summed E-state index contributed by atoms with van der Waals surface area (Å²) in [6, 6.07) is 7.27. The topological polar surface area (TPSA) is 21.7 Å². The zero-order chi connectivity index (χ0) is 15.7. The van der Waals surface area contributed by atoms with Crippen molar-refractivity contribution in [3.05, 3.63) is 23.8 Å². The zero-order valence-corrected chi connectivity index (χ0v) is 14.4.